The summed E-state index contributed by atoms with van der Waals surface area (Å²) in [6.45, 7) is 1.95. The molecule has 2 amide bonds. The van der Waals surface area contributed by atoms with E-state index in [9.17, 15) is 49.1 Å². The molecule has 1 aliphatic rings. The summed E-state index contributed by atoms with van der Waals surface area (Å²) in [6.07, 6.45) is -17.5. The third-order valence-electron chi connectivity index (χ3n) is 6.30. The normalized spacial score (nSPS) is 17.6. The molecule has 226 valence electrons. The first-order valence-electron chi connectivity index (χ1n) is 11.8. The van der Waals surface area contributed by atoms with Crippen molar-refractivity contribution in [2.75, 3.05) is 18.6 Å². The lowest BCUT2D eigenvalue weighted by atomic mass is 9.89. The molecule has 0 radical (unpaired) electrons. The average molecular weight is 665 g/mol. The lowest BCUT2D eigenvalue weighted by molar-refractivity contribution is -0.143. The molecule has 41 heavy (non-hydrogen) atoms. The molecule has 2 aromatic rings. The number of ether oxygens (including phenoxy) is 2. The summed E-state index contributed by atoms with van der Waals surface area (Å²) >= 11 is 2.83. The maximum Gasteiger partial charge on any atom is 0.417 e. The Hall–Kier alpha value is -3.17. The number of rotatable bonds is 4. The molecule has 3 rings (SSSR count). The third-order valence-corrected chi connectivity index (χ3v) is 6.95. The molecule has 0 spiro atoms. The monoisotopic (exact) mass is 664 g/mol. The molecule has 2 aromatic carbocycles. The van der Waals surface area contributed by atoms with Crippen molar-refractivity contribution >= 4 is 33.8 Å². The van der Waals surface area contributed by atoms with Crippen LogP contribution >= 0.6 is 15.9 Å². The zero-order valence-corrected chi connectivity index (χ0v) is 23.1. The molecule has 1 aliphatic heterocycles. The third kappa shape index (κ3) is 7.01. The number of fused-ring (bicyclic) bond motifs is 1. The van der Waals surface area contributed by atoms with Gasteiger partial charge in [0, 0.05) is 17.1 Å². The number of halogens is 10. The van der Waals surface area contributed by atoms with E-state index in [2.05, 4.69) is 15.9 Å². The highest BCUT2D eigenvalue weighted by molar-refractivity contribution is 9.10. The summed E-state index contributed by atoms with van der Waals surface area (Å²) in [6, 6.07) is 0.285. The molecule has 1 heterocycles. The smallest absolute Gasteiger partial charge is 0.417 e. The van der Waals surface area contributed by atoms with E-state index in [1.165, 1.54) is 13.8 Å². The lowest BCUT2D eigenvalue weighted by Gasteiger charge is -2.43. The van der Waals surface area contributed by atoms with Gasteiger partial charge >= 0.3 is 30.7 Å². The van der Waals surface area contributed by atoms with Gasteiger partial charge < -0.3 is 9.47 Å². The molecular weight excluding hydrogens is 643 g/mol. The van der Waals surface area contributed by atoms with Crippen LogP contribution in [0.1, 0.15) is 54.1 Å². The molecule has 0 saturated carbocycles. The molecule has 0 saturated heterocycles. The van der Waals surface area contributed by atoms with Crippen molar-refractivity contribution in [3.05, 3.63) is 62.6 Å². The summed E-state index contributed by atoms with van der Waals surface area (Å²) in [4.78, 5) is 27.4. The predicted octanol–water partition coefficient (Wildman–Crippen LogP) is 8.57. The van der Waals surface area contributed by atoms with E-state index >= 15 is 0 Å². The molecule has 0 aromatic heterocycles. The maximum absolute atomic E-state index is 13.8. The average Bonchev–Trinajstić information content (AvgIpc) is 2.84. The van der Waals surface area contributed by atoms with Crippen molar-refractivity contribution in [3.8, 4) is 0 Å². The standard InChI is InChI=1S/C25H22BrF9N2O4/c1-4-41-22(39)37-12(2)5-19(16-9-18(26)17(10-20(16)37)25(33,34)35)36(21(38)40-3)11-13-6-14(23(27,28)29)8-15(7-13)24(30,31)32/h6-10,12,19H,4-5,11H2,1-3H3. The Labute approximate surface area is 236 Å². The van der Waals surface area contributed by atoms with Crippen molar-refractivity contribution in [1.29, 1.82) is 0 Å². The van der Waals surface area contributed by atoms with Gasteiger partial charge in [-0.15, -0.1) is 0 Å². The van der Waals surface area contributed by atoms with Gasteiger partial charge in [0.15, 0.2) is 0 Å². The Morgan fingerprint density at radius 1 is 0.951 bits per heavy atom. The van der Waals surface area contributed by atoms with Crippen LogP contribution in [-0.2, 0) is 34.5 Å². The van der Waals surface area contributed by atoms with Crippen molar-refractivity contribution in [3.63, 3.8) is 0 Å². The number of hydrogen-bond donors (Lipinski definition) is 0. The van der Waals surface area contributed by atoms with Crippen LogP contribution in [0.25, 0.3) is 0 Å². The fourth-order valence-electron chi connectivity index (χ4n) is 4.56. The van der Waals surface area contributed by atoms with Gasteiger partial charge in [0.2, 0.25) is 0 Å². The number of carbonyl (C=O) groups excluding carboxylic acids is 2. The van der Waals surface area contributed by atoms with Gasteiger partial charge in [0.25, 0.3) is 0 Å². The second-order valence-electron chi connectivity index (χ2n) is 9.07. The van der Waals surface area contributed by atoms with Crippen LogP contribution in [0.2, 0.25) is 0 Å². The predicted molar refractivity (Wildman–Crippen MR) is 130 cm³/mol. The van der Waals surface area contributed by atoms with Crippen molar-refractivity contribution < 1.29 is 58.6 Å². The van der Waals surface area contributed by atoms with Crippen molar-refractivity contribution in [2.45, 2.75) is 57.4 Å². The number of carbonyl (C=O) groups is 2. The van der Waals surface area contributed by atoms with E-state index in [-0.39, 0.29) is 30.3 Å². The maximum atomic E-state index is 13.8. The highest BCUT2D eigenvalue weighted by Crippen LogP contribution is 2.47. The van der Waals surface area contributed by atoms with Crippen LogP contribution in [-0.4, -0.2) is 36.8 Å². The first kappa shape index (κ1) is 32.3. The molecule has 0 bridgehead atoms. The summed E-state index contributed by atoms with van der Waals surface area (Å²) in [7, 11) is 0.920. The van der Waals surface area contributed by atoms with E-state index < -0.39 is 76.1 Å². The molecule has 0 fully saturated rings. The number of nitrogens with zero attached hydrogens (tertiary/aromatic N) is 2. The number of amides is 2. The van der Waals surface area contributed by atoms with Gasteiger partial charge in [-0.3, -0.25) is 9.80 Å². The quantitative estimate of drug-likeness (QED) is 0.307. The van der Waals surface area contributed by atoms with Crippen LogP contribution < -0.4 is 4.90 Å². The summed E-state index contributed by atoms with van der Waals surface area (Å²) in [5.74, 6) is 0. The minimum Gasteiger partial charge on any atom is -0.453 e. The van der Waals surface area contributed by atoms with E-state index in [4.69, 9.17) is 9.47 Å². The lowest BCUT2D eigenvalue weighted by Crippen LogP contribution is -2.47. The fraction of sp³-hybridized carbons (Fsp3) is 0.440. The highest BCUT2D eigenvalue weighted by Gasteiger charge is 2.43. The molecule has 2 atom stereocenters. The number of hydrogen-bond acceptors (Lipinski definition) is 4. The topological polar surface area (TPSA) is 59.1 Å². The molecule has 0 N–H and O–H groups in total. The first-order valence-corrected chi connectivity index (χ1v) is 12.6. The van der Waals surface area contributed by atoms with Gasteiger partial charge in [-0.2, -0.15) is 39.5 Å². The van der Waals surface area contributed by atoms with Crippen LogP contribution in [0.5, 0.6) is 0 Å². The van der Waals surface area contributed by atoms with Crippen LogP contribution in [0, 0.1) is 0 Å². The van der Waals surface area contributed by atoms with Crippen molar-refractivity contribution in [1.82, 2.24) is 4.90 Å². The SMILES string of the molecule is CCOC(=O)N1c2cc(C(F)(F)F)c(Br)cc2C(N(Cc2cc(C(F)(F)F)cc(C(F)(F)F)c2)C(=O)OC)CC1C. The summed E-state index contributed by atoms with van der Waals surface area (Å²) in [5.41, 5.74) is -5.33. The van der Waals surface area contributed by atoms with Crippen LogP contribution in [0.15, 0.2) is 34.8 Å². The van der Waals surface area contributed by atoms with Crippen molar-refractivity contribution in [2.24, 2.45) is 0 Å². The second kappa shape index (κ2) is 11.6. The molecule has 2 unspecified atom stereocenters. The first-order chi connectivity index (χ1) is 18.8. The second-order valence-corrected chi connectivity index (χ2v) is 9.92. The number of methoxy groups -OCH3 is 1. The summed E-state index contributed by atoms with van der Waals surface area (Å²) in [5, 5.41) is 0. The Morgan fingerprint density at radius 3 is 1.98 bits per heavy atom. The van der Waals surface area contributed by atoms with Gasteiger partial charge in [-0.1, -0.05) is 15.9 Å². The zero-order chi connectivity index (χ0) is 31.1. The van der Waals surface area contributed by atoms with Gasteiger partial charge in [0.05, 0.1) is 42.1 Å². The molecular formula is C25H22BrF9N2O4. The van der Waals surface area contributed by atoms with E-state index in [0.717, 1.165) is 23.0 Å². The van der Waals surface area contributed by atoms with E-state index in [1.807, 2.05) is 0 Å². The largest absolute Gasteiger partial charge is 0.453 e. The van der Waals surface area contributed by atoms with Crippen LogP contribution in [0.4, 0.5) is 54.8 Å². The minimum absolute atomic E-state index is 0.0514. The highest BCUT2D eigenvalue weighted by atomic mass is 79.9. The fourth-order valence-corrected chi connectivity index (χ4v) is 5.14. The Bertz CT molecular complexity index is 1280. The Morgan fingerprint density at radius 2 is 1.51 bits per heavy atom. The van der Waals surface area contributed by atoms with E-state index in [0.29, 0.717) is 18.2 Å². The Kier molecular flexibility index (Phi) is 9.16. The number of benzene rings is 2. The number of alkyl halides is 9. The molecule has 6 nitrogen and oxygen atoms in total. The van der Waals surface area contributed by atoms with Gasteiger partial charge in [0.1, 0.15) is 0 Å². The van der Waals surface area contributed by atoms with E-state index in [1.54, 1.807) is 0 Å². The molecule has 0 aliphatic carbocycles. The van der Waals surface area contributed by atoms with Gasteiger partial charge in [-0.25, -0.2) is 9.59 Å². The summed E-state index contributed by atoms with van der Waals surface area (Å²) < 4.78 is 131. The zero-order valence-electron chi connectivity index (χ0n) is 21.5. The van der Waals surface area contributed by atoms with Gasteiger partial charge in [-0.05, 0) is 61.7 Å². The Balaban J connectivity index is 2.23. The minimum atomic E-state index is -5.16. The molecule has 16 heteroatoms. The van der Waals surface area contributed by atoms with Crippen LogP contribution in [0.3, 0.4) is 0 Å². The number of anilines is 1.